The molecule has 21 heavy (non-hydrogen) atoms. The van der Waals surface area contributed by atoms with Crippen molar-refractivity contribution in [2.75, 3.05) is 0 Å². The summed E-state index contributed by atoms with van der Waals surface area (Å²) in [6.45, 7) is 9.81. The van der Waals surface area contributed by atoms with Crippen LogP contribution in [0.3, 0.4) is 0 Å². The number of amides is 1. The molecule has 1 heterocycles. The van der Waals surface area contributed by atoms with Crippen molar-refractivity contribution < 1.29 is 4.79 Å². The summed E-state index contributed by atoms with van der Waals surface area (Å²) in [4.78, 5) is 17.0. The van der Waals surface area contributed by atoms with E-state index < -0.39 is 0 Å². The van der Waals surface area contributed by atoms with E-state index in [4.69, 9.17) is 11.6 Å². The van der Waals surface area contributed by atoms with Crippen LogP contribution in [0.4, 0.5) is 0 Å². The highest BCUT2D eigenvalue weighted by Crippen LogP contribution is 2.25. The summed E-state index contributed by atoms with van der Waals surface area (Å²) in [6.07, 6.45) is 0. The maximum atomic E-state index is 12.5. The van der Waals surface area contributed by atoms with Crippen LogP contribution in [0.5, 0.6) is 0 Å². The van der Waals surface area contributed by atoms with Gasteiger partial charge < -0.3 is 9.88 Å². The van der Waals surface area contributed by atoms with Crippen LogP contribution in [-0.2, 0) is 10.7 Å². The molecule has 0 saturated heterocycles. The predicted molar refractivity (Wildman–Crippen MR) is 86.6 cm³/mol. The number of aryl methyl sites for hydroxylation is 1. The van der Waals surface area contributed by atoms with Crippen LogP contribution >= 0.6 is 11.6 Å². The van der Waals surface area contributed by atoms with Crippen LogP contribution < -0.4 is 5.32 Å². The summed E-state index contributed by atoms with van der Waals surface area (Å²) in [5.74, 6) is 0.968. The maximum absolute atomic E-state index is 12.5. The highest BCUT2D eigenvalue weighted by molar-refractivity contribution is 6.17. The molecule has 0 bridgehead atoms. The van der Waals surface area contributed by atoms with Gasteiger partial charge in [-0.3, -0.25) is 4.79 Å². The molecule has 1 amide bonds. The Hall–Kier alpha value is -1.55. The van der Waals surface area contributed by atoms with E-state index in [0.717, 1.165) is 22.4 Å². The molecule has 0 radical (unpaired) electrons. The number of hydrogen-bond acceptors (Lipinski definition) is 2. The second-order valence-electron chi connectivity index (χ2n) is 6.39. The number of carbonyl (C=O) groups excluding carboxylic acids is 1. The standard InChI is InChI=1S/C16H22ClN3O/c1-10-7-6-8-12-14(10)20(13(9-17)18-12)11(2)15(21)19-16(3,4)5/h6-8,11H,9H2,1-5H3,(H,19,21). The minimum atomic E-state index is -0.357. The Bertz CT molecular complexity index is 670. The summed E-state index contributed by atoms with van der Waals surface area (Å²) in [5.41, 5.74) is 2.68. The molecule has 0 spiro atoms. The molecule has 0 aliphatic heterocycles. The molecule has 0 aliphatic carbocycles. The minimum Gasteiger partial charge on any atom is -0.350 e. The van der Waals surface area contributed by atoms with Gasteiger partial charge in [0.1, 0.15) is 11.9 Å². The first-order valence-electron chi connectivity index (χ1n) is 7.09. The van der Waals surface area contributed by atoms with E-state index in [2.05, 4.69) is 10.3 Å². The second-order valence-corrected chi connectivity index (χ2v) is 6.66. The zero-order chi connectivity index (χ0) is 15.8. The van der Waals surface area contributed by atoms with Gasteiger partial charge in [0.15, 0.2) is 0 Å². The van der Waals surface area contributed by atoms with Gasteiger partial charge in [-0.1, -0.05) is 12.1 Å². The lowest BCUT2D eigenvalue weighted by Gasteiger charge is -2.25. The third kappa shape index (κ3) is 3.21. The number of hydrogen-bond donors (Lipinski definition) is 1. The van der Waals surface area contributed by atoms with Gasteiger partial charge in [0.25, 0.3) is 0 Å². The van der Waals surface area contributed by atoms with Crippen LogP contribution in [-0.4, -0.2) is 21.0 Å². The fourth-order valence-electron chi connectivity index (χ4n) is 2.47. The lowest BCUT2D eigenvalue weighted by atomic mass is 10.1. The van der Waals surface area contributed by atoms with E-state index >= 15 is 0 Å². The van der Waals surface area contributed by atoms with E-state index in [9.17, 15) is 4.79 Å². The molecule has 1 unspecified atom stereocenters. The van der Waals surface area contributed by atoms with Crippen molar-refractivity contribution in [3.63, 3.8) is 0 Å². The Kier molecular flexibility index (Phi) is 4.28. The Morgan fingerprint density at radius 3 is 2.67 bits per heavy atom. The van der Waals surface area contributed by atoms with Crippen molar-refractivity contribution in [2.45, 2.75) is 52.1 Å². The fourth-order valence-corrected chi connectivity index (χ4v) is 2.66. The molecule has 5 heteroatoms. The average molecular weight is 308 g/mol. The maximum Gasteiger partial charge on any atom is 0.243 e. The van der Waals surface area contributed by atoms with E-state index in [1.54, 1.807) is 0 Å². The lowest BCUT2D eigenvalue weighted by molar-refractivity contribution is -0.125. The van der Waals surface area contributed by atoms with Gasteiger partial charge >= 0.3 is 0 Å². The number of nitrogens with one attached hydrogen (secondary N) is 1. The molecule has 1 N–H and O–H groups in total. The smallest absolute Gasteiger partial charge is 0.243 e. The Morgan fingerprint density at radius 2 is 2.10 bits per heavy atom. The zero-order valence-corrected chi connectivity index (χ0v) is 14.0. The van der Waals surface area contributed by atoms with Gasteiger partial charge in [-0.05, 0) is 46.2 Å². The van der Waals surface area contributed by atoms with Gasteiger partial charge in [-0.25, -0.2) is 4.98 Å². The van der Waals surface area contributed by atoms with E-state index in [1.807, 2.05) is 57.4 Å². The molecule has 2 aromatic rings. The molecule has 0 fully saturated rings. The van der Waals surface area contributed by atoms with Crippen molar-refractivity contribution in [1.29, 1.82) is 0 Å². The van der Waals surface area contributed by atoms with Gasteiger partial charge in [0.05, 0.1) is 16.9 Å². The number of benzene rings is 1. The van der Waals surface area contributed by atoms with Crippen LogP contribution in [0.2, 0.25) is 0 Å². The van der Waals surface area contributed by atoms with Gasteiger partial charge in [-0.15, -0.1) is 11.6 Å². The number of para-hydroxylation sites is 1. The number of aromatic nitrogens is 2. The molecule has 114 valence electrons. The van der Waals surface area contributed by atoms with E-state index in [0.29, 0.717) is 0 Å². The third-order valence-corrected chi connectivity index (χ3v) is 3.61. The second kappa shape index (κ2) is 5.68. The van der Waals surface area contributed by atoms with E-state index in [-0.39, 0.29) is 23.4 Å². The summed E-state index contributed by atoms with van der Waals surface area (Å²) in [6, 6.07) is 5.58. The van der Waals surface area contributed by atoms with Crippen LogP contribution in [0.15, 0.2) is 18.2 Å². The van der Waals surface area contributed by atoms with Gasteiger partial charge in [0, 0.05) is 5.54 Å². The first-order chi connectivity index (χ1) is 9.74. The number of rotatable bonds is 3. The SMILES string of the molecule is Cc1cccc2nc(CCl)n(C(C)C(=O)NC(C)(C)C)c12. The van der Waals surface area contributed by atoms with Gasteiger partial charge in [0.2, 0.25) is 5.91 Å². The molecule has 1 aromatic carbocycles. The Balaban J connectivity index is 2.52. The molecule has 1 aromatic heterocycles. The summed E-state index contributed by atoms with van der Waals surface area (Å²) in [7, 11) is 0. The summed E-state index contributed by atoms with van der Waals surface area (Å²) in [5, 5.41) is 3.01. The van der Waals surface area contributed by atoms with Crippen LogP contribution in [0.1, 0.15) is 45.1 Å². The molecule has 0 aliphatic rings. The quantitative estimate of drug-likeness (QED) is 0.881. The monoisotopic (exact) mass is 307 g/mol. The highest BCUT2D eigenvalue weighted by Gasteiger charge is 2.24. The van der Waals surface area contributed by atoms with Gasteiger partial charge in [-0.2, -0.15) is 0 Å². The van der Waals surface area contributed by atoms with Crippen LogP contribution in [0.25, 0.3) is 11.0 Å². The van der Waals surface area contributed by atoms with E-state index in [1.165, 1.54) is 0 Å². The Morgan fingerprint density at radius 1 is 1.43 bits per heavy atom. The highest BCUT2D eigenvalue weighted by atomic mass is 35.5. The number of nitrogens with zero attached hydrogens (tertiary/aromatic N) is 2. The zero-order valence-electron chi connectivity index (χ0n) is 13.2. The number of fused-ring (bicyclic) bond motifs is 1. The van der Waals surface area contributed by atoms with Crippen molar-refractivity contribution in [3.05, 3.63) is 29.6 Å². The topological polar surface area (TPSA) is 46.9 Å². The number of halogens is 1. The van der Waals surface area contributed by atoms with Crippen molar-refractivity contribution in [1.82, 2.24) is 14.9 Å². The summed E-state index contributed by atoms with van der Waals surface area (Å²) < 4.78 is 1.94. The predicted octanol–water partition coefficient (Wildman–Crippen LogP) is 3.56. The van der Waals surface area contributed by atoms with Crippen molar-refractivity contribution in [2.24, 2.45) is 0 Å². The fraction of sp³-hybridized carbons (Fsp3) is 0.500. The Labute approximate surface area is 130 Å². The molecule has 1 atom stereocenters. The third-order valence-electron chi connectivity index (χ3n) is 3.37. The first-order valence-corrected chi connectivity index (χ1v) is 7.62. The molecular formula is C16H22ClN3O. The average Bonchev–Trinajstić information content (AvgIpc) is 2.75. The molecular weight excluding hydrogens is 286 g/mol. The van der Waals surface area contributed by atoms with Crippen molar-refractivity contribution in [3.8, 4) is 0 Å². The number of alkyl halides is 1. The largest absolute Gasteiger partial charge is 0.350 e. The molecule has 0 saturated carbocycles. The van der Waals surface area contributed by atoms with Crippen LogP contribution in [0, 0.1) is 6.92 Å². The minimum absolute atomic E-state index is 0.0311. The first kappa shape index (κ1) is 15.8. The molecule has 4 nitrogen and oxygen atoms in total. The lowest BCUT2D eigenvalue weighted by Crippen LogP contribution is -2.44. The number of carbonyl (C=O) groups is 1. The van der Waals surface area contributed by atoms with Crippen molar-refractivity contribution >= 4 is 28.5 Å². The molecule has 2 rings (SSSR count). The summed E-state index contributed by atoms with van der Waals surface area (Å²) >= 11 is 6.02. The normalized spacial score (nSPS) is 13.4. The number of imidazole rings is 1.